The van der Waals surface area contributed by atoms with E-state index in [0.717, 1.165) is 22.5 Å². The Morgan fingerprint density at radius 1 is 1.07 bits per heavy atom. The zero-order chi connectivity index (χ0) is 29.4. The predicted molar refractivity (Wildman–Crippen MR) is 144 cm³/mol. The Morgan fingerprint density at radius 2 is 1.73 bits per heavy atom. The summed E-state index contributed by atoms with van der Waals surface area (Å²) in [5.41, 5.74) is -0.808. The van der Waals surface area contributed by atoms with Gasteiger partial charge in [-0.15, -0.1) is 0 Å². The van der Waals surface area contributed by atoms with Crippen LogP contribution in [0.3, 0.4) is 0 Å². The van der Waals surface area contributed by atoms with E-state index in [1.54, 1.807) is 6.07 Å². The van der Waals surface area contributed by atoms with Crippen molar-refractivity contribution >= 4 is 56.5 Å². The Morgan fingerprint density at radius 3 is 2.35 bits per heavy atom. The van der Waals surface area contributed by atoms with Gasteiger partial charge in [-0.2, -0.15) is 13.2 Å². The summed E-state index contributed by atoms with van der Waals surface area (Å²) in [5, 5.41) is 5.44. The van der Waals surface area contributed by atoms with Crippen LogP contribution in [0.1, 0.15) is 21.6 Å². The van der Waals surface area contributed by atoms with Gasteiger partial charge in [-0.3, -0.25) is 14.1 Å². The fourth-order valence-corrected chi connectivity index (χ4v) is 6.16. The number of rotatable bonds is 5. The molecule has 4 rings (SSSR count). The van der Waals surface area contributed by atoms with Crippen LogP contribution in [0.5, 0.6) is 0 Å². The molecule has 0 aliphatic carbocycles. The first-order valence-electron chi connectivity index (χ1n) is 11.6. The van der Waals surface area contributed by atoms with Crippen molar-refractivity contribution in [3.05, 3.63) is 81.6 Å². The van der Waals surface area contributed by atoms with Crippen molar-refractivity contribution < 1.29 is 31.2 Å². The van der Waals surface area contributed by atoms with E-state index in [1.807, 2.05) is 0 Å². The lowest BCUT2D eigenvalue weighted by Crippen LogP contribution is -2.52. The summed E-state index contributed by atoms with van der Waals surface area (Å²) < 4.78 is 68.4. The number of amides is 3. The number of anilines is 2. The van der Waals surface area contributed by atoms with E-state index >= 15 is 0 Å². The molecular formula is C25H22Cl2F3N5O4S. The number of hydrogen-bond donors (Lipinski definition) is 2. The standard InChI is InChI=1S/C25H22Cl2F3N5O4S/c1-34(2)24(37)33-16-10-20-21(11-15(12-31-20)32-23(36)22-18(26)7-4-8-19(22)27)35(13-16)40(38,39)17-6-3-5-14(9-17)25(28,29)30/h3-9,11-12,16H,10,13H2,1-2H3,(H,32,36)(H,33,37). The van der Waals surface area contributed by atoms with Gasteiger partial charge < -0.3 is 15.5 Å². The fourth-order valence-electron chi connectivity index (χ4n) is 4.02. The average Bonchev–Trinajstić information content (AvgIpc) is 2.87. The highest BCUT2D eigenvalue weighted by molar-refractivity contribution is 7.92. The van der Waals surface area contributed by atoms with E-state index in [9.17, 15) is 31.2 Å². The van der Waals surface area contributed by atoms with Gasteiger partial charge in [0.15, 0.2) is 0 Å². The fraction of sp³-hybridized carbons (Fsp3) is 0.240. The zero-order valence-electron chi connectivity index (χ0n) is 21.0. The van der Waals surface area contributed by atoms with Gasteiger partial charge in [-0.1, -0.05) is 35.3 Å². The van der Waals surface area contributed by atoms with Crippen LogP contribution in [-0.4, -0.2) is 56.9 Å². The first-order chi connectivity index (χ1) is 18.7. The van der Waals surface area contributed by atoms with Crippen LogP contribution < -0.4 is 14.9 Å². The molecule has 3 amide bonds. The molecule has 0 bridgehead atoms. The van der Waals surface area contributed by atoms with Crippen LogP contribution in [0.4, 0.5) is 29.3 Å². The number of carbonyl (C=O) groups is 2. The highest BCUT2D eigenvalue weighted by Gasteiger charge is 2.37. The van der Waals surface area contributed by atoms with Crippen LogP contribution in [0.15, 0.2) is 59.6 Å². The molecule has 15 heteroatoms. The molecule has 0 spiro atoms. The summed E-state index contributed by atoms with van der Waals surface area (Å²) in [6.07, 6.45) is -3.37. The van der Waals surface area contributed by atoms with Crippen molar-refractivity contribution in [1.29, 1.82) is 0 Å². The molecule has 1 aliphatic heterocycles. The monoisotopic (exact) mass is 615 g/mol. The summed E-state index contributed by atoms with van der Waals surface area (Å²) in [6.45, 7) is -0.305. The first-order valence-corrected chi connectivity index (χ1v) is 13.8. The molecule has 0 radical (unpaired) electrons. The predicted octanol–water partition coefficient (Wildman–Crippen LogP) is 5.05. The van der Waals surface area contributed by atoms with E-state index in [1.165, 1.54) is 43.4 Å². The second-order valence-electron chi connectivity index (χ2n) is 9.05. The quantitative estimate of drug-likeness (QED) is 0.417. The third-order valence-electron chi connectivity index (χ3n) is 5.97. The van der Waals surface area contributed by atoms with Crippen molar-refractivity contribution in [3.63, 3.8) is 0 Å². The molecule has 3 aromatic rings. The zero-order valence-corrected chi connectivity index (χ0v) is 23.3. The van der Waals surface area contributed by atoms with Crippen LogP contribution in [-0.2, 0) is 22.6 Å². The Kier molecular flexibility index (Phi) is 8.20. The number of urea groups is 1. The third kappa shape index (κ3) is 6.11. The van der Waals surface area contributed by atoms with Crippen molar-refractivity contribution in [2.24, 2.45) is 0 Å². The van der Waals surface area contributed by atoms with Crippen LogP contribution in [0.2, 0.25) is 10.0 Å². The van der Waals surface area contributed by atoms with E-state index in [-0.39, 0.29) is 45.6 Å². The normalized spacial score (nSPS) is 15.3. The molecule has 2 aromatic carbocycles. The Labute approximate surface area is 237 Å². The average molecular weight is 616 g/mol. The molecule has 0 saturated heterocycles. The first kappa shape index (κ1) is 29.4. The topological polar surface area (TPSA) is 112 Å². The maximum atomic E-state index is 13.7. The van der Waals surface area contributed by atoms with Gasteiger partial charge in [0, 0.05) is 20.5 Å². The van der Waals surface area contributed by atoms with Crippen molar-refractivity contribution in [1.82, 2.24) is 15.2 Å². The van der Waals surface area contributed by atoms with Crippen LogP contribution in [0, 0.1) is 0 Å². The number of carbonyl (C=O) groups excluding carboxylic acids is 2. The summed E-state index contributed by atoms with van der Waals surface area (Å²) in [5.74, 6) is -0.684. The third-order valence-corrected chi connectivity index (χ3v) is 8.38. The van der Waals surface area contributed by atoms with Gasteiger partial charge in [-0.05, 0) is 36.4 Å². The number of alkyl halides is 3. The number of halogens is 5. The lowest BCUT2D eigenvalue weighted by molar-refractivity contribution is -0.137. The highest BCUT2D eigenvalue weighted by atomic mass is 35.5. The number of pyridine rings is 1. The van der Waals surface area contributed by atoms with Gasteiger partial charge in [-0.25, -0.2) is 13.2 Å². The second kappa shape index (κ2) is 11.1. The molecule has 9 nitrogen and oxygen atoms in total. The number of hydrogen-bond acceptors (Lipinski definition) is 5. The number of nitrogens with one attached hydrogen (secondary N) is 2. The maximum Gasteiger partial charge on any atom is 0.416 e. The van der Waals surface area contributed by atoms with Crippen molar-refractivity contribution in [2.45, 2.75) is 23.5 Å². The molecular weight excluding hydrogens is 594 g/mol. The Bertz CT molecular complexity index is 1560. The van der Waals surface area contributed by atoms with E-state index in [0.29, 0.717) is 6.07 Å². The van der Waals surface area contributed by atoms with Crippen LogP contribution in [0.25, 0.3) is 0 Å². The molecule has 1 unspecified atom stereocenters. The van der Waals surface area contributed by atoms with Gasteiger partial charge in [0.1, 0.15) is 0 Å². The van der Waals surface area contributed by atoms with Crippen molar-refractivity contribution in [3.8, 4) is 0 Å². The molecule has 2 heterocycles. The molecule has 1 aliphatic rings. The maximum absolute atomic E-state index is 13.7. The minimum Gasteiger partial charge on any atom is -0.333 e. The molecule has 40 heavy (non-hydrogen) atoms. The van der Waals surface area contributed by atoms with Gasteiger partial charge in [0.2, 0.25) is 0 Å². The van der Waals surface area contributed by atoms with Crippen LogP contribution >= 0.6 is 23.2 Å². The molecule has 2 N–H and O–H groups in total. The minimum atomic E-state index is -4.77. The lowest BCUT2D eigenvalue weighted by atomic mass is 10.0. The summed E-state index contributed by atoms with van der Waals surface area (Å²) in [4.78, 5) is 30.1. The Hall–Kier alpha value is -3.55. The molecule has 0 saturated carbocycles. The number of fused-ring (bicyclic) bond motifs is 1. The molecule has 1 aromatic heterocycles. The van der Waals surface area contributed by atoms with E-state index in [2.05, 4.69) is 15.6 Å². The number of nitrogens with zero attached hydrogens (tertiary/aromatic N) is 3. The summed E-state index contributed by atoms with van der Waals surface area (Å²) in [7, 11) is -1.58. The van der Waals surface area contributed by atoms with E-state index < -0.39 is 44.6 Å². The van der Waals surface area contributed by atoms with Gasteiger partial charge in [0.05, 0.1) is 61.9 Å². The minimum absolute atomic E-state index is 0.0107. The smallest absolute Gasteiger partial charge is 0.333 e. The number of benzene rings is 2. The van der Waals surface area contributed by atoms with Crippen molar-refractivity contribution in [2.75, 3.05) is 30.3 Å². The Balaban J connectivity index is 1.76. The molecule has 212 valence electrons. The molecule has 0 fully saturated rings. The van der Waals surface area contributed by atoms with Gasteiger partial charge >= 0.3 is 12.2 Å². The number of aromatic nitrogens is 1. The lowest BCUT2D eigenvalue weighted by Gasteiger charge is -2.35. The summed E-state index contributed by atoms with van der Waals surface area (Å²) >= 11 is 12.2. The second-order valence-corrected chi connectivity index (χ2v) is 11.7. The summed E-state index contributed by atoms with van der Waals surface area (Å²) in [6, 6.07) is 7.93. The number of sulfonamides is 1. The SMILES string of the molecule is CN(C)C(=O)NC1Cc2ncc(NC(=O)c3c(Cl)cccc3Cl)cc2N(S(=O)(=O)c2cccc(C(F)(F)F)c2)C1. The van der Waals surface area contributed by atoms with Gasteiger partial charge in [0.25, 0.3) is 15.9 Å². The largest absolute Gasteiger partial charge is 0.416 e. The molecule has 1 atom stereocenters. The highest BCUT2D eigenvalue weighted by Crippen LogP contribution is 2.36. The van der Waals surface area contributed by atoms with E-state index in [4.69, 9.17) is 23.2 Å².